The van der Waals surface area contributed by atoms with Crippen molar-refractivity contribution in [2.24, 2.45) is 0 Å². The van der Waals surface area contributed by atoms with Crippen LogP contribution in [0, 0.1) is 18.6 Å². The van der Waals surface area contributed by atoms with Gasteiger partial charge in [0.25, 0.3) is 5.56 Å². The van der Waals surface area contributed by atoms with Crippen molar-refractivity contribution in [1.82, 2.24) is 4.57 Å². The number of hydrogen-bond acceptors (Lipinski definition) is 4. The third kappa shape index (κ3) is 5.01. The molecule has 0 aliphatic heterocycles. The summed E-state index contributed by atoms with van der Waals surface area (Å²) in [6.45, 7) is 1.65. The number of pyridine rings is 1. The lowest BCUT2D eigenvalue weighted by Crippen LogP contribution is -2.28. The highest BCUT2D eigenvalue weighted by atomic mass is 19.2. The van der Waals surface area contributed by atoms with Crippen LogP contribution in [0.1, 0.15) is 45.6 Å². The molecule has 1 aromatic heterocycles. The van der Waals surface area contributed by atoms with Gasteiger partial charge in [0.05, 0.1) is 12.1 Å². The van der Waals surface area contributed by atoms with Gasteiger partial charge in [-0.2, -0.15) is 0 Å². The highest BCUT2D eigenvalue weighted by molar-refractivity contribution is 6.00. The van der Waals surface area contributed by atoms with Gasteiger partial charge in [0, 0.05) is 37.1 Å². The van der Waals surface area contributed by atoms with Crippen molar-refractivity contribution in [2.45, 2.75) is 39.2 Å². The minimum Gasteiger partial charge on any atom is -0.326 e. The van der Waals surface area contributed by atoms with E-state index in [1.807, 2.05) is 6.07 Å². The second-order valence-electron chi connectivity index (χ2n) is 8.38. The molecule has 1 amide bonds. The summed E-state index contributed by atoms with van der Waals surface area (Å²) in [6, 6.07) is 11.7. The second-order valence-corrected chi connectivity index (χ2v) is 8.38. The Labute approximate surface area is 194 Å². The van der Waals surface area contributed by atoms with Crippen LogP contribution in [0.25, 0.3) is 0 Å². The molecule has 0 saturated heterocycles. The average molecular weight is 464 g/mol. The van der Waals surface area contributed by atoms with Crippen LogP contribution in [0.15, 0.2) is 53.3 Å². The van der Waals surface area contributed by atoms with Crippen molar-refractivity contribution >= 4 is 23.2 Å². The van der Waals surface area contributed by atoms with E-state index in [0.717, 1.165) is 23.3 Å². The van der Waals surface area contributed by atoms with Crippen LogP contribution >= 0.6 is 0 Å². The van der Waals surface area contributed by atoms with Crippen molar-refractivity contribution in [3.05, 3.63) is 98.5 Å². The lowest BCUT2D eigenvalue weighted by molar-refractivity contribution is -0.117. The quantitative estimate of drug-likeness (QED) is 0.540. The van der Waals surface area contributed by atoms with Gasteiger partial charge in [0.2, 0.25) is 5.91 Å². The lowest BCUT2D eigenvalue weighted by atomic mass is 10.1. The molecular formula is C26H22F2N2O4. The number of aryl methyl sites for hydroxylation is 1. The van der Waals surface area contributed by atoms with Gasteiger partial charge >= 0.3 is 0 Å². The minimum absolute atomic E-state index is 0.0235. The maximum absolute atomic E-state index is 13.5. The highest BCUT2D eigenvalue weighted by Crippen LogP contribution is 2.23. The smallest absolute Gasteiger partial charge is 0.261 e. The molecule has 0 bridgehead atoms. The molecule has 0 unspecified atom stereocenters. The first-order chi connectivity index (χ1) is 16.2. The number of anilines is 1. The van der Waals surface area contributed by atoms with E-state index in [9.17, 15) is 28.0 Å². The van der Waals surface area contributed by atoms with E-state index in [1.54, 1.807) is 25.1 Å². The molecule has 0 fully saturated rings. The van der Waals surface area contributed by atoms with Gasteiger partial charge in [-0.15, -0.1) is 0 Å². The molecule has 8 heteroatoms. The minimum atomic E-state index is -1.02. The first-order valence-electron chi connectivity index (χ1n) is 10.8. The molecule has 2 aromatic carbocycles. The number of nitrogens with one attached hydrogen (secondary N) is 1. The molecule has 34 heavy (non-hydrogen) atoms. The lowest BCUT2D eigenvalue weighted by Gasteiger charge is -2.12. The number of aromatic nitrogens is 1. The molecular weight excluding hydrogens is 442 g/mol. The highest BCUT2D eigenvalue weighted by Gasteiger charge is 2.19. The van der Waals surface area contributed by atoms with Crippen LogP contribution in [-0.2, 0) is 29.0 Å². The molecule has 0 spiro atoms. The zero-order chi connectivity index (χ0) is 24.4. The fourth-order valence-electron chi connectivity index (χ4n) is 4.01. The van der Waals surface area contributed by atoms with Crippen LogP contribution in [0.3, 0.4) is 0 Å². The Kier molecular flexibility index (Phi) is 6.49. The average Bonchev–Trinajstić information content (AvgIpc) is 3.16. The predicted octanol–water partition coefficient (Wildman–Crippen LogP) is 3.75. The summed E-state index contributed by atoms with van der Waals surface area (Å²) in [5.41, 5.74) is 2.70. The topological polar surface area (TPSA) is 85.2 Å². The van der Waals surface area contributed by atoms with Gasteiger partial charge in [-0.25, -0.2) is 8.78 Å². The molecule has 6 nitrogen and oxygen atoms in total. The van der Waals surface area contributed by atoms with Gasteiger partial charge in [0.15, 0.2) is 17.4 Å². The van der Waals surface area contributed by atoms with E-state index < -0.39 is 23.0 Å². The van der Waals surface area contributed by atoms with E-state index in [4.69, 9.17) is 0 Å². The van der Waals surface area contributed by atoms with Crippen LogP contribution in [0.4, 0.5) is 14.5 Å². The summed E-state index contributed by atoms with van der Waals surface area (Å²) in [7, 11) is 0. The molecule has 1 heterocycles. The molecule has 1 aliphatic rings. The molecule has 174 valence electrons. The van der Waals surface area contributed by atoms with Crippen LogP contribution in [0.2, 0.25) is 0 Å². The summed E-state index contributed by atoms with van der Waals surface area (Å²) >= 11 is 0. The number of benzene rings is 2. The van der Waals surface area contributed by atoms with E-state index in [-0.39, 0.29) is 36.6 Å². The molecule has 0 atom stereocenters. The summed E-state index contributed by atoms with van der Waals surface area (Å²) < 4.78 is 28.0. The Morgan fingerprint density at radius 1 is 0.912 bits per heavy atom. The van der Waals surface area contributed by atoms with Gasteiger partial charge < -0.3 is 9.88 Å². The predicted molar refractivity (Wildman–Crippen MR) is 122 cm³/mol. The van der Waals surface area contributed by atoms with E-state index in [0.29, 0.717) is 29.8 Å². The monoisotopic (exact) mass is 464 g/mol. The van der Waals surface area contributed by atoms with Gasteiger partial charge in [-0.1, -0.05) is 12.1 Å². The molecule has 3 aromatic rings. The van der Waals surface area contributed by atoms with E-state index >= 15 is 0 Å². The fraction of sp³-hybridized carbons (Fsp3) is 0.231. The number of halogens is 2. The van der Waals surface area contributed by atoms with Crippen molar-refractivity contribution in [3.8, 4) is 0 Å². The summed E-state index contributed by atoms with van der Waals surface area (Å²) in [6.07, 6.45) is 0.466. The van der Waals surface area contributed by atoms with Crippen LogP contribution < -0.4 is 10.9 Å². The maximum atomic E-state index is 13.5. The number of carbonyl (C=O) groups is 3. The zero-order valence-electron chi connectivity index (χ0n) is 18.5. The number of fused-ring (bicyclic) bond motifs is 1. The van der Waals surface area contributed by atoms with Gasteiger partial charge in [-0.3, -0.25) is 19.2 Å². The van der Waals surface area contributed by atoms with Crippen LogP contribution in [-0.4, -0.2) is 22.0 Å². The van der Waals surface area contributed by atoms with Gasteiger partial charge in [-0.05, 0) is 60.0 Å². The molecule has 0 saturated carbocycles. The summed E-state index contributed by atoms with van der Waals surface area (Å²) in [5, 5.41) is 2.72. The van der Waals surface area contributed by atoms with Crippen molar-refractivity contribution in [3.63, 3.8) is 0 Å². The van der Waals surface area contributed by atoms with Gasteiger partial charge in [0.1, 0.15) is 5.78 Å². The van der Waals surface area contributed by atoms with Crippen molar-refractivity contribution < 1.29 is 23.2 Å². The van der Waals surface area contributed by atoms with Crippen molar-refractivity contribution in [1.29, 1.82) is 0 Å². The van der Waals surface area contributed by atoms with E-state index in [2.05, 4.69) is 5.32 Å². The van der Waals surface area contributed by atoms with E-state index in [1.165, 1.54) is 16.7 Å². The third-order valence-corrected chi connectivity index (χ3v) is 5.86. The SMILES string of the molecule is Cc1ccc(C(=O)CCC(=O)Nc2ccc3c(c2)CC(=O)C3)c(=O)n1Cc1ccc(F)c(F)c1. The number of nitrogens with zero attached hydrogens (tertiary/aromatic N) is 1. The number of carbonyl (C=O) groups excluding carboxylic acids is 3. The van der Waals surface area contributed by atoms with Crippen molar-refractivity contribution in [2.75, 3.05) is 5.32 Å². The number of amides is 1. The third-order valence-electron chi connectivity index (χ3n) is 5.86. The second kappa shape index (κ2) is 9.51. The van der Waals surface area contributed by atoms with Crippen LogP contribution in [0.5, 0.6) is 0 Å². The Hall–Kier alpha value is -3.94. The largest absolute Gasteiger partial charge is 0.326 e. The first kappa shape index (κ1) is 23.2. The summed E-state index contributed by atoms with van der Waals surface area (Å²) in [5.74, 6) is -2.73. The first-order valence-corrected chi connectivity index (χ1v) is 10.8. The molecule has 0 radical (unpaired) electrons. The summed E-state index contributed by atoms with van der Waals surface area (Å²) in [4.78, 5) is 49.5. The number of hydrogen-bond donors (Lipinski definition) is 1. The zero-order valence-corrected chi connectivity index (χ0v) is 18.5. The molecule has 1 aliphatic carbocycles. The Balaban J connectivity index is 1.42. The number of ketones is 2. The normalized spacial score (nSPS) is 12.5. The number of rotatable bonds is 7. The molecule has 4 rings (SSSR count). The Morgan fingerprint density at radius 2 is 1.68 bits per heavy atom. The fourth-order valence-corrected chi connectivity index (χ4v) is 4.01. The Bertz CT molecular complexity index is 1380. The number of Topliss-reactive ketones (excluding diaryl/α,β-unsaturated/α-hetero) is 2. The Morgan fingerprint density at radius 3 is 2.44 bits per heavy atom. The molecule has 1 N–H and O–H groups in total. The maximum Gasteiger partial charge on any atom is 0.261 e. The standard InChI is InChI=1S/C26H22F2N2O4/c1-15-2-6-21(26(34)30(15)14-16-3-7-22(27)23(28)10-16)24(32)8-9-25(33)29-19-5-4-17-12-20(31)13-18(17)11-19/h2-7,10-11H,8-9,12-14H2,1H3,(H,29,33).